The second-order valence-corrected chi connectivity index (χ2v) is 15.1. The van der Waals surface area contributed by atoms with Gasteiger partial charge in [0.25, 0.3) is 0 Å². The fraction of sp³-hybridized carbons (Fsp3) is 0.375. The first kappa shape index (κ1) is 34.2. The van der Waals surface area contributed by atoms with Crippen molar-refractivity contribution in [3.05, 3.63) is 142 Å². The fourth-order valence-corrected chi connectivity index (χ4v) is 9.28. The summed E-state index contributed by atoms with van der Waals surface area (Å²) in [5.41, 5.74) is 16.5. The average Bonchev–Trinajstić information content (AvgIpc) is 3.27. The van der Waals surface area contributed by atoms with E-state index in [9.17, 15) is 0 Å². The molecule has 2 bridgehead atoms. The van der Waals surface area contributed by atoms with Crippen molar-refractivity contribution in [2.75, 3.05) is 7.05 Å². The summed E-state index contributed by atoms with van der Waals surface area (Å²) in [4.78, 5) is 0. The number of unbranched alkanes of at least 4 members (excludes halogenated alkanes) is 1. The smallest absolute Gasteiger partial charge is 0.208 e. The Morgan fingerprint density at radius 2 is 1.56 bits per heavy atom. The van der Waals surface area contributed by atoms with Gasteiger partial charge in [-0.2, -0.15) is 4.57 Å². The molecule has 1 fully saturated rings. The molecule has 4 aromatic rings. The topological polar surface area (TPSA) is 6.89 Å². The van der Waals surface area contributed by atoms with Crippen LogP contribution in [0, 0.1) is 0 Å². The highest BCUT2D eigenvalue weighted by molar-refractivity contribution is 5.85. The van der Waals surface area contributed by atoms with Crippen LogP contribution in [-0.4, -0.2) is 18.3 Å². The lowest BCUT2D eigenvalue weighted by molar-refractivity contribution is -0.743. The molecule has 4 aliphatic rings. The Morgan fingerprint density at radius 3 is 2.22 bits per heavy atom. The van der Waals surface area contributed by atoms with Crippen LogP contribution in [0.15, 0.2) is 103 Å². The van der Waals surface area contributed by atoms with E-state index < -0.39 is 0 Å². The van der Waals surface area contributed by atoms with Gasteiger partial charge in [-0.3, -0.25) is 0 Å². The van der Waals surface area contributed by atoms with Crippen LogP contribution in [0.25, 0.3) is 28.1 Å². The molecule has 0 amide bonds. The molecule has 2 nitrogen and oxygen atoms in total. The minimum Gasteiger partial charge on any atom is -0.208 e. The summed E-state index contributed by atoms with van der Waals surface area (Å²) in [5, 5.41) is 0. The highest BCUT2D eigenvalue weighted by Crippen LogP contribution is 2.51. The maximum absolute atomic E-state index is 4.53. The van der Waals surface area contributed by atoms with Crippen LogP contribution in [0.5, 0.6) is 0 Å². The molecule has 50 heavy (non-hydrogen) atoms. The zero-order valence-corrected chi connectivity index (χ0v) is 31.1. The highest BCUT2D eigenvalue weighted by atomic mass is 15.1. The minimum absolute atomic E-state index is 0.102. The number of allylic oxidation sites excluding steroid dienone is 5. The SMILES string of the molecule is C=[N+](C)C(=CC(=CC)c1ccccc1)c1cc2c(cc1CC1=CC(CC)(CC)[n+]3ccccc3-c3ccc(CCCC)cc31)C1CCC2CC1. The molecule has 1 aromatic heterocycles. The van der Waals surface area contributed by atoms with Crippen LogP contribution in [0.1, 0.15) is 130 Å². The van der Waals surface area contributed by atoms with Gasteiger partial charge in [0.05, 0.1) is 5.56 Å². The van der Waals surface area contributed by atoms with Crippen molar-refractivity contribution in [3.63, 3.8) is 0 Å². The summed E-state index contributed by atoms with van der Waals surface area (Å²) in [5.74, 6) is 1.36. The molecule has 1 saturated carbocycles. The molecule has 0 saturated heterocycles. The van der Waals surface area contributed by atoms with E-state index in [0.29, 0.717) is 11.8 Å². The number of benzene rings is 3. The number of hydrogen-bond acceptors (Lipinski definition) is 0. The van der Waals surface area contributed by atoms with Gasteiger partial charge in [-0.05, 0) is 133 Å². The number of hydrogen-bond donors (Lipinski definition) is 0. The zero-order valence-electron chi connectivity index (χ0n) is 31.1. The van der Waals surface area contributed by atoms with Gasteiger partial charge < -0.3 is 0 Å². The van der Waals surface area contributed by atoms with E-state index in [1.165, 1.54) is 94.4 Å². The van der Waals surface area contributed by atoms with Gasteiger partial charge in [0.15, 0.2) is 11.7 Å². The molecule has 1 aliphatic heterocycles. The molecule has 0 unspecified atom stereocenters. The van der Waals surface area contributed by atoms with E-state index in [1.807, 2.05) is 0 Å². The Hall–Kier alpha value is -4.30. The highest BCUT2D eigenvalue weighted by Gasteiger charge is 2.41. The third-order valence-corrected chi connectivity index (χ3v) is 12.2. The first-order valence-electron chi connectivity index (χ1n) is 19.4. The molecule has 0 radical (unpaired) electrons. The standard InChI is InChI=1S/C48H56N2/c1-7-11-17-34-21-26-41-42(28-34)40(33-48(9-3,10-4)50-27-16-15-20-46(41)50)29-39-30-43-37-22-24-38(25-23-37)44(43)32-45(39)47(49(5)6)31-35(8-2)36-18-13-12-14-19-36/h8,12-16,18-21,26-28,30-33,37-38H,5,7,9-11,17,22-25,29H2,1-4,6H3/q+2. The molecule has 3 aliphatic carbocycles. The molecule has 256 valence electrons. The van der Waals surface area contributed by atoms with Gasteiger partial charge >= 0.3 is 0 Å². The van der Waals surface area contributed by atoms with Crippen LogP contribution in [0.4, 0.5) is 0 Å². The zero-order chi connectivity index (χ0) is 34.8. The Balaban J connectivity index is 1.46. The number of fused-ring (bicyclic) bond motifs is 5. The molecular formula is C48H56N2+2. The fourth-order valence-electron chi connectivity index (χ4n) is 9.28. The lowest BCUT2D eigenvalue weighted by Gasteiger charge is -2.39. The number of nitrogens with zero attached hydrogens (tertiary/aromatic N) is 2. The molecule has 8 rings (SSSR count). The van der Waals surface area contributed by atoms with Crippen LogP contribution < -0.4 is 4.57 Å². The van der Waals surface area contributed by atoms with Crippen molar-refractivity contribution in [1.82, 2.24) is 0 Å². The van der Waals surface area contributed by atoms with Crippen molar-refractivity contribution < 1.29 is 9.14 Å². The molecule has 0 spiro atoms. The quantitative estimate of drug-likeness (QED) is 0.0858. The van der Waals surface area contributed by atoms with E-state index in [2.05, 4.69) is 154 Å². The predicted molar refractivity (Wildman–Crippen MR) is 213 cm³/mol. The van der Waals surface area contributed by atoms with E-state index >= 15 is 0 Å². The van der Waals surface area contributed by atoms with Gasteiger partial charge in [0.1, 0.15) is 13.8 Å². The number of pyridine rings is 1. The van der Waals surface area contributed by atoms with Crippen LogP contribution in [0.3, 0.4) is 0 Å². The molecule has 3 aromatic carbocycles. The van der Waals surface area contributed by atoms with Crippen molar-refractivity contribution in [1.29, 1.82) is 0 Å². The van der Waals surface area contributed by atoms with Gasteiger partial charge in [0.2, 0.25) is 11.4 Å². The average molecular weight is 661 g/mol. The third-order valence-electron chi connectivity index (χ3n) is 12.2. The number of rotatable bonds is 11. The van der Waals surface area contributed by atoms with E-state index in [0.717, 1.165) is 25.7 Å². The van der Waals surface area contributed by atoms with E-state index in [-0.39, 0.29) is 5.54 Å². The summed E-state index contributed by atoms with van der Waals surface area (Å²) in [6, 6.07) is 30.1. The molecule has 2 heterocycles. The van der Waals surface area contributed by atoms with Crippen molar-refractivity contribution in [3.8, 4) is 11.3 Å². The van der Waals surface area contributed by atoms with E-state index in [4.69, 9.17) is 0 Å². The predicted octanol–water partition coefficient (Wildman–Crippen LogP) is 11.7. The van der Waals surface area contributed by atoms with Gasteiger partial charge in [-0.15, -0.1) is 0 Å². The van der Waals surface area contributed by atoms with Gasteiger partial charge in [-0.1, -0.05) is 81.8 Å². The maximum Gasteiger partial charge on any atom is 0.213 e. The lowest BCUT2D eigenvalue weighted by Crippen LogP contribution is -2.55. The first-order valence-corrected chi connectivity index (χ1v) is 19.4. The van der Waals surface area contributed by atoms with Crippen LogP contribution in [-0.2, 0) is 18.4 Å². The van der Waals surface area contributed by atoms with Gasteiger partial charge in [0, 0.05) is 36.6 Å². The van der Waals surface area contributed by atoms with Crippen molar-refractivity contribution >= 4 is 23.6 Å². The molecule has 0 atom stereocenters. The van der Waals surface area contributed by atoms with Crippen molar-refractivity contribution in [2.45, 2.75) is 109 Å². The lowest BCUT2D eigenvalue weighted by atomic mass is 9.66. The maximum atomic E-state index is 4.53. The summed E-state index contributed by atoms with van der Waals surface area (Å²) in [6.07, 6.45) is 21.4. The minimum atomic E-state index is -0.102. The second-order valence-electron chi connectivity index (χ2n) is 15.1. The Labute approximate surface area is 301 Å². The first-order chi connectivity index (χ1) is 24.4. The van der Waals surface area contributed by atoms with Crippen LogP contribution >= 0.6 is 0 Å². The Kier molecular flexibility index (Phi) is 9.91. The Morgan fingerprint density at radius 1 is 0.860 bits per heavy atom. The van der Waals surface area contributed by atoms with E-state index in [1.54, 1.807) is 11.1 Å². The van der Waals surface area contributed by atoms with Crippen molar-refractivity contribution in [2.24, 2.45) is 0 Å². The monoisotopic (exact) mass is 660 g/mol. The molecule has 0 N–H and O–H groups in total. The molecule has 2 heteroatoms. The summed E-state index contributed by atoms with van der Waals surface area (Å²) >= 11 is 0. The normalized spacial score (nSPS) is 19.3. The summed E-state index contributed by atoms with van der Waals surface area (Å²) in [6.45, 7) is 13.7. The molecular weight excluding hydrogens is 605 g/mol. The number of aromatic nitrogens is 1. The Bertz CT molecular complexity index is 1980. The summed E-state index contributed by atoms with van der Waals surface area (Å²) < 4.78 is 4.68. The number of aryl methyl sites for hydroxylation is 1. The largest absolute Gasteiger partial charge is 0.213 e. The van der Waals surface area contributed by atoms with Crippen LogP contribution in [0.2, 0.25) is 0 Å². The third kappa shape index (κ3) is 6.27. The summed E-state index contributed by atoms with van der Waals surface area (Å²) in [7, 11) is 2.12. The second kappa shape index (κ2) is 14.5. The van der Waals surface area contributed by atoms with Gasteiger partial charge in [-0.25, -0.2) is 4.58 Å².